The van der Waals surface area contributed by atoms with E-state index < -0.39 is 18.7 Å². The van der Waals surface area contributed by atoms with Gasteiger partial charge in [0.05, 0.1) is 12.5 Å². The van der Waals surface area contributed by atoms with Crippen molar-refractivity contribution < 1.29 is 23.4 Å². The Morgan fingerprint density at radius 1 is 1.54 bits per heavy atom. The van der Waals surface area contributed by atoms with Gasteiger partial charge in [-0.05, 0) is 18.8 Å². The second-order valence-corrected chi connectivity index (χ2v) is 3.22. The van der Waals surface area contributed by atoms with Crippen LogP contribution in [0.4, 0.5) is 8.78 Å². The van der Waals surface area contributed by atoms with Crippen molar-refractivity contribution in [3.05, 3.63) is 0 Å². The summed E-state index contributed by atoms with van der Waals surface area (Å²) in [6, 6.07) is 0. The molecule has 13 heavy (non-hydrogen) atoms. The molecule has 5 heteroatoms. The van der Waals surface area contributed by atoms with Gasteiger partial charge < -0.3 is 9.84 Å². The molecule has 0 spiro atoms. The molecule has 76 valence electrons. The summed E-state index contributed by atoms with van der Waals surface area (Å²) in [5.41, 5.74) is 0. The Morgan fingerprint density at radius 2 is 2.23 bits per heavy atom. The summed E-state index contributed by atoms with van der Waals surface area (Å²) in [7, 11) is 0. The molecule has 1 N–H and O–H groups in total. The lowest BCUT2D eigenvalue weighted by Crippen LogP contribution is -2.23. The predicted octanol–water partition coefficient (Wildman–Crippen LogP) is 1.87. The highest BCUT2D eigenvalue weighted by Gasteiger charge is 2.31. The molecule has 1 rings (SSSR count). The first-order valence-electron chi connectivity index (χ1n) is 4.25. The van der Waals surface area contributed by atoms with Gasteiger partial charge in [-0.3, -0.25) is 4.79 Å². The third-order valence-corrected chi connectivity index (χ3v) is 2.30. The van der Waals surface area contributed by atoms with E-state index in [1.807, 2.05) is 0 Å². The lowest BCUT2D eigenvalue weighted by molar-refractivity contribution is -0.174. The maximum Gasteiger partial charge on any atom is 0.345 e. The fraction of sp³-hybridized carbons (Fsp3) is 0.875. The van der Waals surface area contributed by atoms with Gasteiger partial charge >= 0.3 is 12.6 Å². The smallest absolute Gasteiger partial charge is 0.345 e. The van der Waals surface area contributed by atoms with Gasteiger partial charge in [0.1, 0.15) is 0 Å². The normalized spacial score (nSPS) is 28.2. The average Bonchev–Trinajstić information content (AvgIpc) is 2.34. The molecule has 0 bridgehead atoms. The second kappa shape index (κ2) is 4.50. The quantitative estimate of drug-likeness (QED) is 0.743. The number of rotatable bonds is 4. The number of halogens is 2. The van der Waals surface area contributed by atoms with Gasteiger partial charge in [-0.25, -0.2) is 0 Å². The number of carbonyl (C=O) groups is 1. The molecule has 0 aromatic rings. The van der Waals surface area contributed by atoms with E-state index in [1.165, 1.54) is 0 Å². The SMILES string of the molecule is O=C(O)CC1CCCC1OC(F)F. The molecular weight excluding hydrogens is 182 g/mol. The Bertz CT molecular complexity index is 184. The number of alkyl halides is 2. The van der Waals surface area contributed by atoms with Crippen LogP contribution in [0.1, 0.15) is 25.7 Å². The third kappa shape index (κ3) is 3.26. The number of hydrogen-bond donors (Lipinski definition) is 1. The van der Waals surface area contributed by atoms with Crippen molar-refractivity contribution in [2.45, 2.75) is 38.4 Å². The van der Waals surface area contributed by atoms with Crippen LogP contribution in [0.15, 0.2) is 0 Å². The number of carboxylic acid groups (broad SMARTS) is 1. The first-order chi connectivity index (χ1) is 6.09. The van der Waals surface area contributed by atoms with Crippen LogP contribution in [0.3, 0.4) is 0 Å². The second-order valence-electron chi connectivity index (χ2n) is 3.22. The summed E-state index contributed by atoms with van der Waals surface area (Å²) in [4.78, 5) is 10.3. The van der Waals surface area contributed by atoms with E-state index in [9.17, 15) is 13.6 Å². The molecule has 1 fully saturated rings. The summed E-state index contributed by atoms with van der Waals surface area (Å²) < 4.78 is 28.0. The number of hydrogen-bond acceptors (Lipinski definition) is 2. The van der Waals surface area contributed by atoms with Crippen LogP contribution in [0.5, 0.6) is 0 Å². The van der Waals surface area contributed by atoms with E-state index in [0.717, 1.165) is 6.42 Å². The first-order valence-corrected chi connectivity index (χ1v) is 4.25. The number of carboxylic acids is 1. The van der Waals surface area contributed by atoms with Gasteiger partial charge in [-0.2, -0.15) is 8.78 Å². The highest BCUT2D eigenvalue weighted by molar-refractivity contribution is 5.67. The highest BCUT2D eigenvalue weighted by atomic mass is 19.3. The molecular formula is C8H12F2O3. The van der Waals surface area contributed by atoms with Gasteiger partial charge in [0.2, 0.25) is 0 Å². The van der Waals surface area contributed by atoms with Crippen molar-refractivity contribution in [2.24, 2.45) is 5.92 Å². The standard InChI is InChI=1S/C8H12F2O3/c9-8(10)13-6-3-1-2-5(6)4-7(11)12/h5-6,8H,1-4H2,(H,11,12). The van der Waals surface area contributed by atoms with E-state index in [4.69, 9.17) is 5.11 Å². The summed E-state index contributed by atoms with van der Waals surface area (Å²) in [5.74, 6) is -1.19. The molecule has 0 saturated heterocycles. The van der Waals surface area contributed by atoms with Gasteiger partial charge in [0.25, 0.3) is 0 Å². The molecule has 0 aliphatic heterocycles. The predicted molar refractivity (Wildman–Crippen MR) is 40.5 cm³/mol. The van der Waals surface area contributed by atoms with Crippen molar-refractivity contribution in [3.8, 4) is 0 Å². The van der Waals surface area contributed by atoms with E-state index >= 15 is 0 Å². The molecule has 2 unspecified atom stereocenters. The topological polar surface area (TPSA) is 46.5 Å². The Balaban J connectivity index is 2.39. The van der Waals surface area contributed by atoms with Crippen LogP contribution in [0, 0.1) is 5.92 Å². The molecule has 0 amide bonds. The minimum Gasteiger partial charge on any atom is -0.481 e. The summed E-state index contributed by atoms with van der Waals surface area (Å²) >= 11 is 0. The van der Waals surface area contributed by atoms with Crippen LogP contribution in [-0.4, -0.2) is 23.8 Å². The monoisotopic (exact) mass is 194 g/mol. The maximum absolute atomic E-state index is 11.8. The van der Waals surface area contributed by atoms with Crippen molar-refractivity contribution in [3.63, 3.8) is 0 Å². The highest BCUT2D eigenvalue weighted by Crippen LogP contribution is 2.31. The van der Waals surface area contributed by atoms with Crippen molar-refractivity contribution >= 4 is 5.97 Å². The van der Waals surface area contributed by atoms with Crippen LogP contribution in [-0.2, 0) is 9.53 Å². The molecule has 0 aromatic carbocycles. The van der Waals surface area contributed by atoms with Crippen molar-refractivity contribution in [2.75, 3.05) is 0 Å². The van der Waals surface area contributed by atoms with E-state index in [2.05, 4.69) is 4.74 Å². The van der Waals surface area contributed by atoms with Crippen molar-refractivity contribution in [1.82, 2.24) is 0 Å². The van der Waals surface area contributed by atoms with Crippen LogP contribution < -0.4 is 0 Å². The largest absolute Gasteiger partial charge is 0.481 e. The number of aliphatic carboxylic acids is 1. The van der Waals surface area contributed by atoms with Gasteiger partial charge in [0, 0.05) is 0 Å². The Kier molecular flexibility index (Phi) is 3.59. The zero-order valence-electron chi connectivity index (χ0n) is 7.08. The van der Waals surface area contributed by atoms with Gasteiger partial charge in [-0.15, -0.1) is 0 Å². The third-order valence-electron chi connectivity index (χ3n) is 2.30. The molecule has 0 radical (unpaired) electrons. The molecule has 3 nitrogen and oxygen atoms in total. The van der Waals surface area contributed by atoms with E-state index in [0.29, 0.717) is 12.8 Å². The molecule has 1 aliphatic rings. The Labute approximate surface area is 74.7 Å². The Morgan fingerprint density at radius 3 is 2.77 bits per heavy atom. The molecule has 1 aliphatic carbocycles. The maximum atomic E-state index is 11.8. The summed E-state index contributed by atoms with van der Waals surface area (Å²) in [6.45, 7) is -2.79. The van der Waals surface area contributed by atoms with Crippen LogP contribution in [0.2, 0.25) is 0 Å². The number of ether oxygens (including phenoxy) is 1. The van der Waals surface area contributed by atoms with E-state index in [-0.39, 0.29) is 12.3 Å². The van der Waals surface area contributed by atoms with Gasteiger partial charge in [0.15, 0.2) is 0 Å². The fourth-order valence-corrected chi connectivity index (χ4v) is 1.77. The van der Waals surface area contributed by atoms with Crippen molar-refractivity contribution in [1.29, 1.82) is 0 Å². The first kappa shape index (κ1) is 10.4. The molecule has 0 heterocycles. The van der Waals surface area contributed by atoms with Crippen LogP contribution in [0.25, 0.3) is 0 Å². The average molecular weight is 194 g/mol. The lowest BCUT2D eigenvalue weighted by Gasteiger charge is -2.17. The van der Waals surface area contributed by atoms with Crippen LogP contribution >= 0.6 is 0 Å². The zero-order valence-corrected chi connectivity index (χ0v) is 7.08. The van der Waals surface area contributed by atoms with E-state index in [1.54, 1.807) is 0 Å². The molecule has 0 aromatic heterocycles. The Hall–Kier alpha value is -0.710. The molecule has 2 atom stereocenters. The zero-order chi connectivity index (χ0) is 9.84. The summed E-state index contributed by atoms with van der Waals surface area (Å²) in [5, 5.41) is 8.48. The minimum absolute atomic E-state index is 0.0720. The van der Waals surface area contributed by atoms with Gasteiger partial charge in [-0.1, -0.05) is 6.42 Å². The lowest BCUT2D eigenvalue weighted by atomic mass is 10.0. The molecule has 1 saturated carbocycles. The fourth-order valence-electron chi connectivity index (χ4n) is 1.77. The summed E-state index contributed by atoms with van der Waals surface area (Å²) in [6.07, 6.45) is 1.34. The minimum atomic E-state index is -2.79.